The van der Waals surface area contributed by atoms with E-state index in [0.717, 1.165) is 56.8 Å². The lowest BCUT2D eigenvalue weighted by Gasteiger charge is -2.31. The lowest BCUT2D eigenvalue weighted by molar-refractivity contribution is -0.163. The highest BCUT2D eigenvalue weighted by atomic mass is 16.5. The molecule has 3 atom stereocenters. The first-order valence-corrected chi connectivity index (χ1v) is 19.1. The van der Waals surface area contributed by atoms with Crippen LogP contribution in [0.5, 0.6) is 0 Å². The molecule has 0 saturated heterocycles. The molecule has 254 valence electrons. The normalized spacial score (nSPS) is 18.8. The predicted octanol–water partition coefficient (Wildman–Crippen LogP) is 12.0. The van der Waals surface area contributed by atoms with Gasteiger partial charge in [0.15, 0.2) is 0 Å². The monoisotopic (exact) mass is 607 g/mol. The van der Waals surface area contributed by atoms with Crippen molar-refractivity contribution in [3.8, 4) is 0 Å². The molecule has 3 unspecified atom stereocenters. The molecule has 0 spiro atoms. The van der Waals surface area contributed by atoms with E-state index in [0.29, 0.717) is 19.1 Å². The van der Waals surface area contributed by atoms with Crippen molar-refractivity contribution in [2.24, 2.45) is 29.6 Å². The number of rotatable bonds is 28. The second kappa shape index (κ2) is 27.3. The molecule has 4 nitrogen and oxygen atoms in total. The molecule has 0 bridgehead atoms. The fourth-order valence-corrected chi connectivity index (χ4v) is 6.62. The quantitative estimate of drug-likeness (QED) is 0.0656. The Morgan fingerprint density at radius 3 is 1.19 bits per heavy atom. The van der Waals surface area contributed by atoms with Gasteiger partial charge in [0.2, 0.25) is 0 Å². The van der Waals surface area contributed by atoms with Crippen molar-refractivity contribution in [1.82, 2.24) is 0 Å². The van der Waals surface area contributed by atoms with Crippen molar-refractivity contribution in [2.75, 3.05) is 13.2 Å². The summed E-state index contributed by atoms with van der Waals surface area (Å²) in [5, 5.41) is 0. The molecule has 0 N–H and O–H groups in total. The van der Waals surface area contributed by atoms with Crippen LogP contribution in [0.2, 0.25) is 0 Å². The minimum absolute atomic E-state index is 0.175. The van der Waals surface area contributed by atoms with E-state index in [1.807, 2.05) is 0 Å². The van der Waals surface area contributed by atoms with Crippen molar-refractivity contribution >= 4 is 11.9 Å². The number of hydrogen-bond acceptors (Lipinski definition) is 4. The second-order valence-electron chi connectivity index (χ2n) is 14.9. The summed E-state index contributed by atoms with van der Waals surface area (Å²) in [5.74, 6) is 1.13. The summed E-state index contributed by atoms with van der Waals surface area (Å²) in [5.41, 5.74) is 0. The molecule has 0 aromatic rings. The Balaban J connectivity index is 2.07. The molecule has 0 heterocycles. The number of carbonyl (C=O) groups excluding carboxylic acids is 2. The van der Waals surface area contributed by atoms with Gasteiger partial charge in [-0.05, 0) is 49.9 Å². The summed E-state index contributed by atoms with van der Waals surface area (Å²) < 4.78 is 11.4. The van der Waals surface area contributed by atoms with Crippen LogP contribution in [0.25, 0.3) is 0 Å². The van der Waals surface area contributed by atoms with E-state index >= 15 is 0 Å². The molecule has 1 rings (SSSR count). The number of carbonyl (C=O) groups is 2. The average Bonchev–Trinajstić information content (AvgIpc) is 2.97. The average molecular weight is 607 g/mol. The second-order valence-corrected chi connectivity index (χ2v) is 14.9. The van der Waals surface area contributed by atoms with Crippen LogP contribution in [0.4, 0.5) is 0 Å². The third kappa shape index (κ3) is 23.0. The van der Waals surface area contributed by atoms with Crippen molar-refractivity contribution in [3.63, 3.8) is 0 Å². The van der Waals surface area contributed by atoms with Crippen LogP contribution in [-0.2, 0) is 19.1 Å². The minimum Gasteiger partial charge on any atom is -0.465 e. The SMILES string of the molecule is CC(C)CCCCCCCCCCCCOC(=O)C1CCC(C)CC1C(=O)OCCCCCCCCCCCCC(C)C. The molecule has 4 heteroatoms. The van der Waals surface area contributed by atoms with Crippen molar-refractivity contribution in [1.29, 1.82) is 0 Å². The molecule has 0 aromatic heterocycles. The lowest BCUT2D eigenvalue weighted by atomic mass is 9.74. The molecular formula is C39H74O4. The smallest absolute Gasteiger partial charge is 0.309 e. The lowest BCUT2D eigenvalue weighted by Crippen LogP contribution is -2.37. The molecule has 1 fully saturated rings. The predicted molar refractivity (Wildman–Crippen MR) is 183 cm³/mol. The zero-order chi connectivity index (χ0) is 31.5. The van der Waals surface area contributed by atoms with Crippen molar-refractivity contribution < 1.29 is 19.1 Å². The highest BCUT2D eigenvalue weighted by Crippen LogP contribution is 2.35. The summed E-state index contributed by atoms with van der Waals surface area (Å²) in [7, 11) is 0. The van der Waals surface area contributed by atoms with E-state index in [1.54, 1.807) is 0 Å². The van der Waals surface area contributed by atoms with E-state index in [-0.39, 0.29) is 23.8 Å². The van der Waals surface area contributed by atoms with Crippen LogP contribution in [0, 0.1) is 29.6 Å². The summed E-state index contributed by atoms with van der Waals surface area (Å²) in [6, 6.07) is 0. The zero-order valence-corrected chi connectivity index (χ0v) is 29.6. The van der Waals surface area contributed by atoms with Crippen LogP contribution in [0.1, 0.15) is 195 Å². The molecule has 0 aliphatic heterocycles. The van der Waals surface area contributed by atoms with Gasteiger partial charge < -0.3 is 9.47 Å². The van der Waals surface area contributed by atoms with Gasteiger partial charge in [-0.1, -0.05) is 163 Å². The van der Waals surface area contributed by atoms with Gasteiger partial charge in [-0.25, -0.2) is 0 Å². The maximum atomic E-state index is 12.9. The topological polar surface area (TPSA) is 52.6 Å². The minimum atomic E-state index is -0.331. The standard InChI is InChI=1S/C39H74O4/c1-33(2)26-22-18-14-10-6-8-12-16-20-24-30-42-38(40)36-29-28-35(5)32-37(36)39(41)43-31-25-21-17-13-9-7-11-15-19-23-27-34(3)4/h33-37H,6-32H2,1-5H3. The summed E-state index contributed by atoms with van der Waals surface area (Å²) in [4.78, 5) is 25.9. The highest BCUT2D eigenvalue weighted by Gasteiger charge is 2.40. The van der Waals surface area contributed by atoms with Gasteiger partial charge in [0.05, 0.1) is 25.0 Å². The van der Waals surface area contributed by atoms with Gasteiger partial charge in [0.25, 0.3) is 0 Å². The Labute approximate surface area is 268 Å². The third-order valence-corrected chi connectivity index (χ3v) is 9.56. The van der Waals surface area contributed by atoms with Crippen LogP contribution in [0.3, 0.4) is 0 Å². The van der Waals surface area contributed by atoms with Crippen LogP contribution >= 0.6 is 0 Å². The Morgan fingerprint density at radius 2 is 0.814 bits per heavy atom. The molecule has 1 aliphatic rings. The zero-order valence-electron chi connectivity index (χ0n) is 29.6. The highest BCUT2D eigenvalue weighted by molar-refractivity contribution is 5.82. The van der Waals surface area contributed by atoms with Crippen LogP contribution in [0.15, 0.2) is 0 Å². The molecule has 43 heavy (non-hydrogen) atoms. The fourth-order valence-electron chi connectivity index (χ4n) is 6.62. The Hall–Kier alpha value is -1.06. The van der Waals surface area contributed by atoms with E-state index in [9.17, 15) is 9.59 Å². The molecular weight excluding hydrogens is 532 g/mol. The van der Waals surface area contributed by atoms with E-state index in [2.05, 4.69) is 34.6 Å². The maximum Gasteiger partial charge on any atom is 0.309 e. The van der Waals surface area contributed by atoms with E-state index in [4.69, 9.17) is 9.47 Å². The van der Waals surface area contributed by atoms with E-state index < -0.39 is 0 Å². The first-order valence-electron chi connectivity index (χ1n) is 19.1. The number of ether oxygens (including phenoxy) is 2. The fraction of sp³-hybridized carbons (Fsp3) is 0.949. The van der Waals surface area contributed by atoms with Crippen molar-refractivity contribution in [3.05, 3.63) is 0 Å². The maximum absolute atomic E-state index is 12.9. The molecule has 0 radical (unpaired) electrons. The van der Waals surface area contributed by atoms with Crippen molar-refractivity contribution in [2.45, 2.75) is 195 Å². The summed E-state index contributed by atoms with van der Waals surface area (Å²) in [6.45, 7) is 12.4. The number of esters is 2. The third-order valence-electron chi connectivity index (χ3n) is 9.56. The molecule has 1 aliphatic carbocycles. The number of unbranched alkanes of at least 4 members (excludes halogenated alkanes) is 18. The van der Waals surface area contributed by atoms with Gasteiger partial charge in [-0.2, -0.15) is 0 Å². The molecule has 1 saturated carbocycles. The number of hydrogen-bond donors (Lipinski definition) is 0. The van der Waals surface area contributed by atoms with Gasteiger partial charge in [-0.3, -0.25) is 9.59 Å². The van der Waals surface area contributed by atoms with Gasteiger partial charge in [0.1, 0.15) is 0 Å². The first kappa shape index (κ1) is 40.0. The molecule has 0 amide bonds. The Bertz CT molecular complexity index is 658. The first-order chi connectivity index (χ1) is 20.8. The van der Waals surface area contributed by atoms with Gasteiger partial charge in [0, 0.05) is 0 Å². The Morgan fingerprint density at radius 1 is 0.488 bits per heavy atom. The largest absolute Gasteiger partial charge is 0.465 e. The summed E-state index contributed by atoms with van der Waals surface area (Å²) in [6.07, 6.45) is 30.7. The summed E-state index contributed by atoms with van der Waals surface area (Å²) >= 11 is 0. The van der Waals surface area contributed by atoms with Crippen LogP contribution in [-0.4, -0.2) is 25.2 Å². The Kier molecular flexibility index (Phi) is 25.3. The van der Waals surface area contributed by atoms with Gasteiger partial charge in [-0.15, -0.1) is 0 Å². The molecule has 0 aromatic carbocycles. The van der Waals surface area contributed by atoms with Gasteiger partial charge >= 0.3 is 11.9 Å². The van der Waals surface area contributed by atoms with E-state index in [1.165, 1.54) is 116 Å². The van der Waals surface area contributed by atoms with Crippen LogP contribution < -0.4 is 0 Å².